The summed E-state index contributed by atoms with van der Waals surface area (Å²) in [5, 5.41) is 9.50. The Bertz CT molecular complexity index is 540. The smallest absolute Gasteiger partial charge is 0.237 e. The first-order chi connectivity index (χ1) is 9.08. The molecule has 0 bridgehead atoms. The summed E-state index contributed by atoms with van der Waals surface area (Å²) in [5.41, 5.74) is 0.483. The predicted octanol–water partition coefficient (Wildman–Crippen LogP) is 2.32. The maximum absolute atomic E-state index is 12.4. The van der Waals surface area contributed by atoms with Gasteiger partial charge < -0.3 is 5.11 Å². The zero-order chi connectivity index (χ0) is 13.6. The molecule has 0 unspecified atom stereocenters. The van der Waals surface area contributed by atoms with Gasteiger partial charge in [0.25, 0.3) is 0 Å². The minimum absolute atomic E-state index is 0.0707. The van der Waals surface area contributed by atoms with Crippen LogP contribution >= 0.6 is 0 Å². The molecule has 2 aliphatic rings. The van der Waals surface area contributed by atoms with Gasteiger partial charge in [-0.15, -0.1) is 0 Å². The van der Waals surface area contributed by atoms with Gasteiger partial charge in [0.1, 0.15) is 5.75 Å². The molecule has 0 aromatic heterocycles. The molecule has 0 spiro atoms. The van der Waals surface area contributed by atoms with Gasteiger partial charge in [-0.25, -0.2) is 4.90 Å². The van der Waals surface area contributed by atoms with E-state index in [-0.39, 0.29) is 29.4 Å². The highest BCUT2D eigenvalue weighted by Crippen LogP contribution is 2.42. The van der Waals surface area contributed by atoms with E-state index in [4.69, 9.17) is 0 Å². The Morgan fingerprint density at radius 1 is 1.16 bits per heavy atom. The van der Waals surface area contributed by atoms with Crippen molar-refractivity contribution in [1.82, 2.24) is 0 Å². The fourth-order valence-electron chi connectivity index (χ4n) is 3.28. The van der Waals surface area contributed by atoms with Crippen molar-refractivity contribution >= 4 is 17.5 Å². The van der Waals surface area contributed by atoms with Gasteiger partial charge in [0, 0.05) is 6.07 Å². The zero-order valence-electron chi connectivity index (χ0n) is 10.9. The van der Waals surface area contributed by atoms with Crippen LogP contribution < -0.4 is 4.90 Å². The number of imide groups is 1. The Kier molecular flexibility index (Phi) is 2.81. The highest BCUT2D eigenvalue weighted by molar-refractivity contribution is 6.22. The van der Waals surface area contributed by atoms with Gasteiger partial charge in [-0.1, -0.05) is 13.0 Å². The zero-order valence-corrected chi connectivity index (χ0v) is 10.9. The van der Waals surface area contributed by atoms with E-state index in [9.17, 15) is 14.7 Å². The van der Waals surface area contributed by atoms with Crippen molar-refractivity contribution in [3.05, 3.63) is 24.3 Å². The first-order valence-corrected chi connectivity index (χ1v) is 6.75. The number of rotatable bonds is 1. The Morgan fingerprint density at radius 3 is 2.63 bits per heavy atom. The standard InChI is InChI=1S/C15H17NO3/c1-9-5-6-12-13(7-9)15(19)16(14(12)18)10-3-2-4-11(17)8-10/h2-4,8-9,12-13,17H,5-7H2,1H3/t9-,12+,13+/m1/s1. The molecule has 1 saturated carbocycles. The molecule has 1 aliphatic carbocycles. The molecule has 19 heavy (non-hydrogen) atoms. The molecule has 100 valence electrons. The molecule has 1 saturated heterocycles. The van der Waals surface area contributed by atoms with Crippen LogP contribution in [0.3, 0.4) is 0 Å². The number of fused-ring (bicyclic) bond motifs is 1. The van der Waals surface area contributed by atoms with Crippen LogP contribution in [0.2, 0.25) is 0 Å². The molecule has 1 aromatic carbocycles. The Hall–Kier alpha value is -1.84. The molecule has 4 heteroatoms. The number of aromatic hydroxyl groups is 1. The summed E-state index contributed by atoms with van der Waals surface area (Å²) >= 11 is 0. The molecule has 3 rings (SSSR count). The summed E-state index contributed by atoms with van der Waals surface area (Å²) < 4.78 is 0. The van der Waals surface area contributed by atoms with Gasteiger partial charge >= 0.3 is 0 Å². The SMILES string of the molecule is C[C@@H]1CC[C@@H]2C(=O)N(c3cccc(O)c3)C(=O)[C@H]2C1. The lowest BCUT2D eigenvalue weighted by atomic mass is 9.76. The summed E-state index contributed by atoms with van der Waals surface area (Å²) in [6, 6.07) is 6.34. The number of benzene rings is 1. The Balaban J connectivity index is 1.95. The van der Waals surface area contributed by atoms with Crippen LogP contribution in [0, 0.1) is 17.8 Å². The van der Waals surface area contributed by atoms with Crippen LogP contribution in [-0.2, 0) is 9.59 Å². The minimum Gasteiger partial charge on any atom is -0.508 e. The molecule has 1 aliphatic heterocycles. The van der Waals surface area contributed by atoms with Crippen molar-refractivity contribution in [2.24, 2.45) is 17.8 Å². The largest absolute Gasteiger partial charge is 0.508 e. The fourth-order valence-corrected chi connectivity index (χ4v) is 3.28. The van der Waals surface area contributed by atoms with Gasteiger partial charge in [-0.05, 0) is 37.3 Å². The van der Waals surface area contributed by atoms with Crippen LogP contribution in [0.1, 0.15) is 26.2 Å². The van der Waals surface area contributed by atoms with Crippen molar-refractivity contribution in [3.8, 4) is 5.75 Å². The molecule has 3 atom stereocenters. The number of nitrogens with zero attached hydrogens (tertiary/aromatic N) is 1. The normalized spacial score (nSPS) is 30.6. The van der Waals surface area contributed by atoms with Crippen molar-refractivity contribution in [1.29, 1.82) is 0 Å². The van der Waals surface area contributed by atoms with Crippen molar-refractivity contribution in [2.75, 3.05) is 4.90 Å². The van der Waals surface area contributed by atoms with E-state index < -0.39 is 0 Å². The number of amides is 2. The summed E-state index contributed by atoms with van der Waals surface area (Å²) in [6.45, 7) is 2.13. The maximum atomic E-state index is 12.4. The van der Waals surface area contributed by atoms with Crippen molar-refractivity contribution in [3.63, 3.8) is 0 Å². The lowest BCUT2D eigenvalue weighted by Gasteiger charge is -2.25. The van der Waals surface area contributed by atoms with Crippen LogP contribution in [0.4, 0.5) is 5.69 Å². The second-order valence-electron chi connectivity index (χ2n) is 5.66. The highest BCUT2D eigenvalue weighted by Gasteiger charge is 2.49. The van der Waals surface area contributed by atoms with Crippen molar-refractivity contribution < 1.29 is 14.7 Å². The monoisotopic (exact) mass is 259 g/mol. The molecule has 1 N–H and O–H groups in total. The van der Waals surface area contributed by atoms with Crippen LogP contribution in [0.5, 0.6) is 5.75 Å². The van der Waals surface area contributed by atoms with E-state index >= 15 is 0 Å². The summed E-state index contributed by atoms with van der Waals surface area (Å²) in [6.07, 6.45) is 2.60. The number of phenolic OH excluding ortho intramolecular Hbond substituents is 1. The lowest BCUT2D eigenvalue weighted by Crippen LogP contribution is -2.30. The molecule has 4 nitrogen and oxygen atoms in total. The third kappa shape index (κ3) is 1.91. The second-order valence-corrected chi connectivity index (χ2v) is 5.66. The van der Waals surface area contributed by atoms with Gasteiger partial charge in [0.05, 0.1) is 17.5 Å². The molecular formula is C15H17NO3. The third-order valence-electron chi connectivity index (χ3n) is 4.28. The quantitative estimate of drug-likeness (QED) is 0.787. The predicted molar refractivity (Wildman–Crippen MR) is 70.6 cm³/mol. The molecule has 2 amide bonds. The second kappa shape index (κ2) is 4.37. The maximum Gasteiger partial charge on any atom is 0.237 e. The molecule has 0 radical (unpaired) electrons. The lowest BCUT2D eigenvalue weighted by molar-refractivity contribution is -0.122. The number of anilines is 1. The first kappa shape index (κ1) is 12.2. The van der Waals surface area contributed by atoms with E-state index in [0.29, 0.717) is 11.6 Å². The van der Waals surface area contributed by atoms with Crippen LogP contribution in [0.15, 0.2) is 24.3 Å². The molecule has 1 aromatic rings. The Labute approximate surface area is 112 Å². The van der Waals surface area contributed by atoms with E-state index in [1.807, 2.05) is 0 Å². The van der Waals surface area contributed by atoms with E-state index in [0.717, 1.165) is 19.3 Å². The van der Waals surface area contributed by atoms with E-state index in [1.54, 1.807) is 12.1 Å². The van der Waals surface area contributed by atoms with E-state index in [1.165, 1.54) is 17.0 Å². The van der Waals surface area contributed by atoms with Crippen LogP contribution in [-0.4, -0.2) is 16.9 Å². The molecular weight excluding hydrogens is 242 g/mol. The summed E-state index contributed by atoms with van der Waals surface area (Å²) in [5.74, 6) is 0.0350. The Morgan fingerprint density at radius 2 is 1.89 bits per heavy atom. The fraction of sp³-hybridized carbons (Fsp3) is 0.467. The van der Waals surface area contributed by atoms with Gasteiger partial charge in [-0.2, -0.15) is 0 Å². The number of hydrogen-bond acceptors (Lipinski definition) is 3. The highest BCUT2D eigenvalue weighted by atomic mass is 16.3. The third-order valence-corrected chi connectivity index (χ3v) is 4.28. The van der Waals surface area contributed by atoms with Gasteiger partial charge in [-0.3, -0.25) is 9.59 Å². The van der Waals surface area contributed by atoms with Gasteiger partial charge in [0.15, 0.2) is 0 Å². The summed E-state index contributed by atoms with van der Waals surface area (Å²) in [7, 11) is 0. The average molecular weight is 259 g/mol. The summed E-state index contributed by atoms with van der Waals surface area (Å²) in [4.78, 5) is 26.1. The number of carbonyl (C=O) groups excluding carboxylic acids is 2. The van der Waals surface area contributed by atoms with Gasteiger partial charge in [0.2, 0.25) is 11.8 Å². The van der Waals surface area contributed by atoms with Crippen molar-refractivity contribution in [2.45, 2.75) is 26.2 Å². The number of phenols is 1. The van der Waals surface area contributed by atoms with Crippen LogP contribution in [0.25, 0.3) is 0 Å². The number of hydrogen-bond donors (Lipinski definition) is 1. The molecule has 1 heterocycles. The molecule has 2 fully saturated rings. The minimum atomic E-state index is -0.168. The first-order valence-electron chi connectivity index (χ1n) is 6.75. The average Bonchev–Trinajstić information content (AvgIpc) is 2.61. The van der Waals surface area contributed by atoms with E-state index in [2.05, 4.69) is 6.92 Å². The number of carbonyl (C=O) groups is 2. The topological polar surface area (TPSA) is 57.6 Å².